The molecule has 0 spiro atoms. The average Bonchev–Trinajstić information content (AvgIpc) is 2.62. The van der Waals surface area contributed by atoms with E-state index in [1.165, 1.54) is 4.31 Å². The van der Waals surface area contributed by atoms with Crippen LogP contribution in [-0.2, 0) is 21.2 Å². The fourth-order valence-electron chi connectivity index (χ4n) is 3.06. The summed E-state index contributed by atoms with van der Waals surface area (Å²) in [7, 11) is -3.42. The van der Waals surface area contributed by atoms with Crippen LogP contribution in [0.2, 0.25) is 0 Å². The number of carbonyl (C=O) groups excluding carboxylic acids is 1. The molecule has 1 amide bonds. The average molecular weight is 368 g/mol. The van der Waals surface area contributed by atoms with E-state index in [0.717, 1.165) is 31.5 Å². The molecular weight excluding hydrogens is 338 g/mol. The molecule has 2 N–H and O–H groups in total. The Morgan fingerprint density at radius 3 is 2.32 bits per heavy atom. The van der Waals surface area contributed by atoms with Crippen molar-refractivity contribution in [3.63, 3.8) is 0 Å². The molecule has 25 heavy (non-hydrogen) atoms. The highest BCUT2D eigenvalue weighted by Gasteiger charge is 2.21. The van der Waals surface area contributed by atoms with Crippen LogP contribution < -0.4 is 10.6 Å². The number of sulfonamides is 1. The highest BCUT2D eigenvalue weighted by molar-refractivity contribution is 7.89. The lowest BCUT2D eigenvalue weighted by molar-refractivity contribution is -0.121. The van der Waals surface area contributed by atoms with Crippen molar-refractivity contribution in [2.75, 3.05) is 26.2 Å². The monoisotopic (exact) mass is 367 g/mol. The van der Waals surface area contributed by atoms with Crippen LogP contribution in [0.3, 0.4) is 0 Å². The van der Waals surface area contributed by atoms with Gasteiger partial charge in [-0.05, 0) is 50.0 Å². The minimum atomic E-state index is -3.42. The van der Waals surface area contributed by atoms with Crippen molar-refractivity contribution in [3.05, 3.63) is 29.8 Å². The Bertz CT molecular complexity index is 649. The fraction of sp³-hybridized carbons (Fsp3) is 0.611. The molecule has 0 aromatic heterocycles. The first-order valence-electron chi connectivity index (χ1n) is 9.06. The van der Waals surface area contributed by atoms with Gasteiger partial charge in [0.25, 0.3) is 0 Å². The van der Waals surface area contributed by atoms with E-state index in [0.29, 0.717) is 30.8 Å². The van der Waals surface area contributed by atoms with Gasteiger partial charge in [-0.1, -0.05) is 26.0 Å². The largest absolute Gasteiger partial charge is 0.353 e. The van der Waals surface area contributed by atoms with Gasteiger partial charge in [0.1, 0.15) is 0 Å². The molecule has 0 atom stereocenters. The van der Waals surface area contributed by atoms with Crippen LogP contribution >= 0.6 is 0 Å². The summed E-state index contributed by atoms with van der Waals surface area (Å²) in [5, 5.41) is 6.35. The molecule has 1 aliphatic heterocycles. The highest BCUT2D eigenvalue weighted by Crippen LogP contribution is 2.17. The fourth-order valence-corrected chi connectivity index (χ4v) is 4.52. The van der Waals surface area contributed by atoms with Crippen LogP contribution in [0.1, 0.15) is 38.7 Å². The van der Waals surface area contributed by atoms with Crippen LogP contribution in [0.5, 0.6) is 0 Å². The van der Waals surface area contributed by atoms with Gasteiger partial charge in [-0.2, -0.15) is 4.31 Å². The predicted molar refractivity (Wildman–Crippen MR) is 98.9 cm³/mol. The molecule has 1 aliphatic rings. The molecule has 7 heteroatoms. The summed E-state index contributed by atoms with van der Waals surface area (Å²) in [6, 6.07) is 7.14. The SMILES string of the molecule is CCN(CC)S(=O)(=O)c1ccc(CCC(=O)NC2CCNCC2)cc1. The van der Waals surface area contributed by atoms with Crippen molar-refractivity contribution in [1.29, 1.82) is 0 Å². The van der Waals surface area contributed by atoms with E-state index >= 15 is 0 Å². The van der Waals surface area contributed by atoms with E-state index in [2.05, 4.69) is 10.6 Å². The first-order valence-corrected chi connectivity index (χ1v) is 10.5. The van der Waals surface area contributed by atoms with Gasteiger partial charge in [0.2, 0.25) is 15.9 Å². The van der Waals surface area contributed by atoms with Gasteiger partial charge in [0.15, 0.2) is 0 Å². The maximum Gasteiger partial charge on any atom is 0.243 e. The Balaban J connectivity index is 1.88. The second-order valence-corrected chi connectivity index (χ2v) is 8.26. The minimum absolute atomic E-state index is 0.0618. The molecule has 1 heterocycles. The Morgan fingerprint density at radius 2 is 1.76 bits per heavy atom. The summed E-state index contributed by atoms with van der Waals surface area (Å²) in [6.07, 6.45) is 2.99. The van der Waals surface area contributed by atoms with E-state index in [-0.39, 0.29) is 11.9 Å². The summed E-state index contributed by atoms with van der Waals surface area (Å²) in [5.41, 5.74) is 0.971. The number of benzene rings is 1. The third-order valence-corrected chi connectivity index (χ3v) is 6.68. The van der Waals surface area contributed by atoms with Gasteiger partial charge < -0.3 is 10.6 Å². The van der Waals surface area contributed by atoms with Crippen LogP contribution in [0, 0.1) is 0 Å². The molecule has 140 valence electrons. The number of hydrogen-bond acceptors (Lipinski definition) is 4. The number of rotatable bonds is 8. The predicted octanol–water partition coefficient (Wildman–Crippen LogP) is 1.52. The first-order chi connectivity index (χ1) is 12.0. The summed E-state index contributed by atoms with van der Waals surface area (Å²) in [5.74, 6) is 0.0618. The Labute approximate surface area is 151 Å². The smallest absolute Gasteiger partial charge is 0.243 e. The zero-order valence-corrected chi connectivity index (χ0v) is 15.9. The normalized spacial score (nSPS) is 16.1. The Morgan fingerprint density at radius 1 is 1.16 bits per heavy atom. The summed E-state index contributed by atoms with van der Waals surface area (Å²) < 4.78 is 26.3. The van der Waals surface area contributed by atoms with Gasteiger partial charge in [-0.15, -0.1) is 0 Å². The van der Waals surface area contributed by atoms with Crippen molar-refractivity contribution in [1.82, 2.24) is 14.9 Å². The molecule has 1 fully saturated rings. The molecule has 0 unspecified atom stereocenters. The van der Waals surface area contributed by atoms with Crippen molar-refractivity contribution in [2.45, 2.75) is 50.5 Å². The number of hydrogen-bond donors (Lipinski definition) is 2. The molecule has 1 aromatic carbocycles. The zero-order chi connectivity index (χ0) is 18.3. The van der Waals surface area contributed by atoms with Crippen molar-refractivity contribution >= 4 is 15.9 Å². The lowest BCUT2D eigenvalue weighted by atomic mass is 10.1. The molecule has 1 saturated heterocycles. The molecule has 0 aliphatic carbocycles. The highest BCUT2D eigenvalue weighted by atomic mass is 32.2. The van der Waals surface area contributed by atoms with Gasteiger partial charge in [0.05, 0.1) is 4.90 Å². The first kappa shape index (κ1) is 19.9. The molecular formula is C18H29N3O3S. The minimum Gasteiger partial charge on any atom is -0.353 e. The van der Waals surface area contributed by atoms with Crippen LogP contribution in [0.4, 0.5) is 0 Å². The maximum absolute atomic E-state index is 12.4. The molecule has 1 aromatic rings. The van der Waals surface area contributed by atoms with Gasteiger partial charge >= 0.3 is 0 Å². The molecule has 0 bridgehead atoms. The Hall–Kier alpha value is -1.44. The van der Waals surface area contributed by atoms with E-state index in [1.807, 2.05) is 13.8 Å². The van der Waals surface area contributed by atoms with Crippen molar-refractivity contribution in [2.24, 2.45) is 0 Å². The van der Waals surface area contributed by atoms with Crippen molar-refractivity contribution < 1.29 is 13.2 Å². The van der Waals surface area contributed by atoms with Gasteiger partial charge in [-0.25, -0.2) is 8.42 Å². The van der Waals surface area contributed by atoms with Gasteiger partial charge in [0, 0.05) is 25.6 Å². The quantitative estimate of drug-likeness (QED) is 0.730. The number of amides is 1. The molecule has 6 nitrogen and oxygen atoms in total. The summed E-state index contributed by atoms with van der Waals surface area (Å²) in [4.78, 5) is 12.3. The second-order valence-electron chi connectivity index (χ2n) is 6.33. The summed E-state index contributed by atoms with van der Waals surface area (Å²) in [6.45, 7) is 6.47. The molecule has 0 saturated carbocycles. The zero-order valence-electron chi connectivity index (χ0n) is 15.1. The lowest BCUT2D eigenvalue weighted by Gasteiger charge is -2.23. The number of nitrogens with zero attached hydrogens (tertiary/aromatic N) is 1. The topological polar surface area (TPSA) is 78.5 Å². The van der Waals surface area contributed by atoms with E-state index in [4.69, 9.17) is 0 Å². The van der Waals surface area contributed by atoms with Crippen LogP contribution in [0.15, 0.2) is 29.2 Å². The Kier molecular flexibility index (Phi) is 7.40. The maximum atomic E-state index is 12.4. The van der Waals surface area contributed by atoms with E-state index < -0.39 is 10.0 Å². The number of piperidine rings is 1. The van der Waals surface area contributed by atoms with Gasteiger partial charge in [-0.3, -0.25) is 4.79 Å². The van der Waals surface area contributed by atoms with Crippen LogP contribution in [-0.4, -0.2) is 50.9 Å². The lowest BCUT2D eigenvalue weighted by Crippen LogP contribution is -2.42. The third kappa shape index (κ3) is 5.52. The van der Waals surface area contributed by atoms with E-state index in [1.54, 1.807) is 24.3 Å². The van der Waals surface area contributed by atoms with E-state index in [9.17, 15) is 13.2 Å². The number of carbonyl (C=O) groups is 1. The van der Waals surface area contributed by atoms with Crippen LogP contribution in [0.25, 0.3) is 0 Å². The standard InChI is InChI=1S/C18H29N3O3S/c1-3-21(4-2)25(23,24)17-8-5-15(6-9-17)7-10-18(22)20-16-11-13-19-14-12-16/h5-6,8-9,16,19H,3-4,7,10-14H2,1-2H3,(H,20,22). The molecule has 0 radical (unpaired) electrons. The third-order valence-electron chi connectivity index (χ3n) is 4.61. The summed E-state index contributed by atoms with van der Waals surface area (Å²) >= 11 is 0. The number of aryl methyl sites for hydroxylation is 1. The second kappa shape index (κ2) is 9.31. The number of nitrogens with one attached hydrogen (secondary N) is 2. The molecule has 2 rings (SSSR count). The van der Waals surface area contributed by atoms with Crippen molar-refractivity contribution in [3.8, 4) is 0 Å².